The van der Waals surface area contributed by atoms with Gasteiger partial charge in [-0.2, -0.15) is 0 Å². The molecule has 0 saturated carbocycles. The SMILES string of the molecule is O=[SH](=O)O.[N-]=[N+]=Nc1ccc2c(c1N=[N+]=[N-])C(=O)c1ccccc1C2=O. The summed E-state index contributed by atoms with van der Waals surface area (Å²) in [7, 11) is -3.12. The van der Waals surface area contributed by atoms with Crippen LogP contribution in [0.3, 0.4) is 0 Å². The lowest BCUT2D eigenvalue weighted by molar-refractivity contribution is 0.0979. The fourth-order valence-electron chi connectivity index (χ4n) is 2.43. The third-order valence-corrected chi connectivity index (χ3v) is 3.34. The first-order chi connectivity index (χ1) is 12.4. The molecule has 0 atom stereocenters. The van der Waals surface area contributed by atoms with Gasteiger partial charge in [0.25, 0.3) is 11.0 Å². The van der Waals surface area contributed by atoms with Crippen LogP contribution in [0.5, 0.6) is 0 Å². The Hall–Kier alpha value is -3.69. The molecule has 11 nitrogen and oxygen atoms in total. The number of thiol groups is 1. The maximum atomic E-state index is 12.6. The third kappa shape index (κ3) is 3.53. The van der Waals surface area contributed by atoms with E-state index < -0.39 is 16.8 Å². The summed E-state index contributed by atoms with van der Waals surface area (Å²) in [6.45, 7) is 0. The van der Waals surface area contributed by atoms with E-state index in [0.717, 1.165) is 0 Å². The lowest BCUT2D eigenvalue weighted by atomic mass is 9.83. The van der Waals surface area contributed by atoms with Crippen molar-refractivity contribution >= 4 is 33.9 Å². The average Bonchev–Trinajstić information content (AvgIpc) is 2.61. The van der Waals surface area contributed by atoms with E-state index in [0.29, 0.717) is 5.56 Å². The number of hydrogen-bond donors (Lipinski definition) is 2. The average molecular weight is 372 g/mol. The van der Waals surface area contributed by atoms with E-state index in [1.807, 2.05) is 0 Å². The van der Waals surface area contributed by atoms with Gasteiger partial charge in [0.1, 0.15) is 0 Å². The molecule has 2 aromatic rings. The first-order valence-electron chi connectivity index (χ1n) is 6.71. The predicted octanol–water partition coefficient (Wildman–Crippen LogP) is 3.42. The van der Waals surface area contributed by atoms with Crippen molar-refractivity contribution in [1.29, 1.82) is 0 Å². The van der Waals surface area contributed by atoms with Gasteiger partial charge in [-0.05, 0) is 17.1 Å². The highest BCUT2D eigenvalue weighted by Gasteiger charge is 2.31. The molecule has 2 aromatic carbocycles. The topological polar surface area (TPSA) is 186 Å². The van der Waals surface area contributed by atoms with Gasteiger partial charge >= 0.3 is 0 Å². The van der Waals surface area contributed by atoms with Crippen molar-refractivity contribution in [2.24, 2.45) is 10.2 Å². The van der Waals surface area contributed by atoms with Crippen LogP contribution < -0.4 is 0 Å². The molecule has 0 heterocycles. The van der Waals surface area contributed by atoms with Crippen molar-refractivity contribution < 1.29 is 22.6 Å². The third-order valence-electron chi connectivity index (χ3n) is 3.34. The Morgan fingerprint density at radius 3 is 1.92 bits per heavy atom. The summed E-state index contributed by atoms with van der Waals surface area (Å²) in [5.74, 6) is -0.783. The number of carbonyl (C=O) groups excluding carboxylic acids is 2. The van der Waals surface area contributed by atoms with E-state index in [-0.39, 0.29) is 33.8 Å². The molecule has 1 N–H and O–H groups in total. The van der Waals surface area contributed by atoms with Crippen molar-refractivity contribution in [2.75, 3.05) is 0 Å². The monoisotopic (exact) mass is 372 g/mol. The van der Waals surface area contributed by atoms with Crippen LogP contribution in [0.4, 0.5) is 11.4 Å². The summed E-state index contributed by atoms with van der Waals surface area (Å²) in [6, 6.07) is 9.14. The largest absolute Gasteiger partial charge is 0.289 e. The summed E-state index contributed by atoms with van der Waals surface area (Å²) < 4.78 is 24.2. The Bertz CT molecular complexity index is 1090. The molecule has 0 fully saturated rings. The molecule has 1 aliphatic rings. The van der Waals surface area contributed by atoms with Gasteiger partial charge < -0.3 is 0 Å². The summed E-state index contributed by atoms with van der Waals surface area (Å²) in [6.07, 6.45) is 0. The maximum Gasteiger partial charge on any atom is 0.254 e. The van der Waals surface area contributed by atoms with Crippen LogP contribution in [0, 0.1) is 0 Å². The van der Waals surface area contributed by atoms with Crippen LogP contribution in [0.15, 0.2) is 46.6 Å². The van der Waals surface area contributed by atoms with Crippen LogP contribution in [0.1, 0.15) is 31.8 Å². The van der Waals surface area contributed by atoms with Crippen LogP contribution >= 0.6 is 0 Å². The quantitative estimate of drug-likeness (QED) is 0.229. The highest BCUT2D eigenvalue weighted by molar-refractivity contribution is 7.66. The van der Waals surface area contributed by atoms with E-state index in [9.17, 15) is 9.59 Å². The molecule has 26 heavy (non-hydrogen) atoms. The Labute approximate surface area is 146 Å². The minimum absolute atomic E-state index is 0.000388. The van der Waals surface area contributed by atoms with Crippen LogP contribution in [0.25, 0.3) is 20.9 Å². The molecular weight excluding hydrogens is 364 g/mol. The molecule has 1 aliphatic carbocycles. The fourth-order valence-corrected chi connectivity index (χ4v) is 2.43. The molecule has 130 valence electrons. The number of benzene rings is 2. The van der Waals surface area contributed by atoms with Gasteiger partial charge in [-0.1, -0.05) is 40.6 Å². The van der Waals surface area contributed by atoms with Crippen molar-refractivity contribution in [3.05, 3.63) is 79.5 Å². The second-order valence-electron chi connectivity index (χ2n) is 4.68. The molecular formula is C14H8N6O5S. The molecule has 0 saturated heterocycles. The Morgan fingerprint density at radius 2 is 1.38 bits per heavy atom. The van der Waals surface area contributed by atoms with Crippen LogP contribution in [-0.4, -0.2) is 24.5 Å². The molecule has 12 heteroatoms. The van der Waals surface area contributed by atoms with Gasteiger partial charge in [-0.25, -0.2) is 8.42 Å². The molecule has 3 rings (SSSR count). The van der Waals surface area contributed by atoms with Gasteiger partial charge in [-0.3, -0.25) is 14.1 Å². The van der Waals surface area contributed by atoms with E-state index in [1.54, 1.807) is 18.2 Å². The smallest absolute Gasteiger partial charge is 0.254 e. The Morgan fingerprint density at radius 1 is 0.846 bits per heavy atom. The highest BCUT2D eigenvalue weighted by Crippen LogP contribution is 2.39. The zero-order valence-corrected chi connectivity index (χ0v) is 13.6. The lowest BCUT2D eigenvalue weighted by Gasteiger charge is -2.19. The van der Waals surface area contributed by atoms with E-state index >= 15 is 0 Å². The number of azide groups is 2. The molecule has 0 aromatic heterocycles. The standard InChI is InChI=1S/C14H6N6O2.H2O3S/c15-19-17-10-6-5-9-11(12(10)18-20-16)14(22)8-4-2-1-3-7(8)13(9)21;1-4(2)3/h1-6H;4H,(H,1,2,3). The molecule has 0 aliphatic heterocycles. The second kappa shape index (κ2) is 7.92. The molecule has 0 spiro atoms. The summed E-state index contributed by atoms with van der Waals surface area (Å²) in [5, 5.41) is 6.84. The number of hydrogen-bond acceptors (Lipinski definition) is 6. The predicted molar refractivity (Wildman–Crippen MR) is 90.3 cm³/mol. The number of rotatable bonds is 2. The zero-order valence-electron chi connectivity index (χ0n) is 12.7. The van der Waals surface area contributed by atoms with Crippen molar-refractivity contribution in [2.45, 2.75) is 0 Å². The number of nitrogens with zero attached hydrogens (tertiary/aromatic N) is 6. The second-order valence-corrected chi connectivity index (χ2v) is 5.15. The van der Waals surface area contributed by atoms with Gasteiger partial charge in [0.2, 0.25) is 0 Å². The molecule has 0 radical (unpaired) electrons. The van der Waals surface area contributed by atoms with Gasteiger partial charge in [0.05, 0.1) is 5.69 Å². The van der Waals surface area contributed by atoms with Gasteiger partial charge in [-0.15, -0.1) is 0 Å². The first kappa shape index (κ1) is 18.6. The van der Waals surface area contributed by atoms with Crippen LogP contribution in [-0.2, 0) is 11.0 Å². The summed E-state index contributed by atoms with van der Waals surface area (Å²) in [5.41, 5.74) is 17.7. The van der Waals surface area contributed by atoms with E-state index in [2.05, 4.69) is 20.1 Å². The maximum absolute atomic E-state index is 12.6. The lowest BCUT2D eigenvalue weighted by Crippen LogP contribution is -2.20. The normalized spacial score (nSPS) is 11.3. The molecule has 0 unspecified atom stereocenters. The molecule has 0 bridgehead atoms. The van der Waals surface area contributed by atoms with Crippen LogP contribution in [0.2, 0.25) is 0 Å². The van der Waals surface area contributed by atoms with Crippen molar-refractivity contribution in [1.82, 2.24) is 0 Å². The van der Waals surface area contributed by atoms with Gasteiger partial charge in [0.15, 0.2) is 11.6 Å². The number of carbonyl (C=O) groups is 2. The fraction of sp³-hybridized carbons (Fsp3) is 0. The Balaban J connectivity index is 0.000000552. The van der Waals surface area contributed by atoms with E-state index in [4.69, 9.17) is 24.0 Å². The number of ketones is 2. The summed E-state index contributed by atoms with van der Waals surface area (Å²) in [4.78, 5) is 30.4. The number of fused-ring (bicyclic) bond motifs is 2. The first-order valence-corrected chi connectivity index (χ1v) is 7.84. The minimum Gasteiger partial charge on any atom is -0.289 e. The zero-order chi connectivity index (χ0) is 19.3. The molecule has 0 amide bonds. The Kier molecular flexibility index (Phi) is 5.68. The summed E-state index contributed by atoms with van der Waals surface area (Å²) >= 11 is 0. The van der Waals surface area contributed by atoms with Crippen molar-refractivity contribution in [3.8, 4) is 0 Å². The van der Waals surface area contributed by atoms with E-state index in [1.165, 1.54) is 18.2 Å². The van der Waals surface area contributed by atoms with Gasteiger partial charge in [0, 0.05) is 37.8 Å². The minimum atomic E-state index is -3.12. The highest BCUT2D eigenvalue weighted by atomic mass is 32.2. The van der Waals surface area contributed by atoms with Crippen molar-refractivity contribution in [3.63, 3.8) is 0 Å².